The maximum atomic E-state index is 13.3. The predicted octanol–water partition coefficient (Wildman–Crippen LogP) is 3.42. The normalized spacial score (nSPS) is 18.0. The number of hydrogen-bond acceptors (Lipinski definition) is 7. The first-order valence-corrected chi connectivity index (χ1v) is 14.4. The molecule has 2 aliphatic heterocycles. The van der Waals surface area contributed by atoms with Crippen LogP contribution < -0.4 is 10.2 Å². The minimum Gasteiger partial charge on any atom is -0.336 e. The Labute approximate surface area is 237 Å². The molecule has 2 aliphatic rings. The molecule has 0 spiro atoms. The van der Waals surface area contributed by atoms with E-state index in [2.05, 4.69) is 15.1 Å². The number of sulfonamides is 1. The number of carbonyl (C=O) groups is 2. The van der Waals surface area contributed by atoms with Gasteiger partial charge in [0.15, 0.2) is 0 Å². The second kappa shape index (κ2) is 11.5. The average molecular weight is 582 g/mol. The van der Waals surface area contributed by atoms with Crippen LogP contribution in [-0.4, -0.2) is 76.1 Å². The highest BCUT2D eigenvalue weighted by atomic mass is 35.5. The second-order valence-electron chi connectivity index (χ2n) is 9.59. The van der Waals surface area contributed by atoms with Gasteiger partial charge in [0.25, 0.3) is 15.9 Å². The van der Waals surface area contributed by atoms with Gasteiger partial charge in [-0.2, -0.15) is 0 Å². The lowest BCUT2D eigenvalue weighted by Crippen LogP contribution is -2.47. The van der Waals surface area contributed by atoms with Gasteiger partial charge < -0.3 is 15.1 Å². The van der Waals surface area contributed by atoms with Gasteiger partial charge in [-0.05, 0) is 54.6 Å². The summed E-state index contributed by atoms with van der Waals surface area (Å²) in [7, 11) is -0.888. The van der Waals surface area contributed by atoms with Gasteiger partial charge in [0, 0.05) is 37.4 Å². The van der Waals surface area contributed by atoms with Crippen LogP contribution in [0, 0.1) is 0 Å². The summed E-state index contributed by atoms with van der Waals surface area (Å²) in [6.45, 7) is 3.00. The molecule has 0 radical (unpaired) electrons. The Kier molecular flexibility index (Phi) is 8.02. The maximum absolute atomic E-state index is 13.3. The van der Waals surface area contributed by atoms with E-state index < -0.39 is 15.9 Å². The van der Waals surface area contributed by atoms with Gasteiger partial charge in [-0.15, -0.1) is 0 Å². The zero-order valence-electron chi connectivity index (χ0n) is 21.9. The topological polar surface area (TPSA) is 120 Å². The summed E-state index contributed by atoms with van der Waals surface area (Å²) in [5, 5.41) is 2.73. The zero-order chi connectivity index (χ0) is 28.4. The summed E-state index contributed by atoms with van der Waals surface area (Å²) in [5.41, 5.74) is 3.01. The van der Waals surface area contributed by atoms with Gasteiger partial charge in [0.1, 0.15) is 10.8 Å². The molecule has 40 heavy (non-hydrogen) atoms. The minimum atomic E-state index is -4.10. The molecule has 5 rings (SSSR count). The Morgan fingerprint density at radius 1 is 1.02 bits per heavy atom. The van der Waals surface area contributed by atoms with Crippen LogP contribution in [-0.2, 0) is 19.7 Å². The van der Waals surface area contributed by atoms with Crippen molar-refractivity contribution in [2.24, 2.45) is 4.99 Å². The molecule has 2 N–H and O–H groups in total. The van der Waals surface area contributed by atoms with Crippen LogP contribution >= 0.6 is 11.6 Å². The highest BCUT2D eigenvalue weighted by Gasteiger charge is 2.37. The van der Waals surface area contributed by atoms with Gasteiger partial charge in [-0.25, -0.2) is 8.42 Å². The number of likely N-dealkylation sites (N-methyl/N-ethyl adjacent to an activating group) is 1. The van der Waals surface area contributed by atoms with Crippen molar-refractivity contribution in [2.45, 2.75) is 10.8 Å². The predicted molar refractivity (Wildman–Crippen MR) is 153 cm³/mol. The van der Waals surface area contributed by atoms with Crippen molar-refractivity contribution in [2.75, 3.05) is 45.7 Å². The van der Waals surface area contributed by atoms with Crippen molar-refractivity contribution < 1.29 is 22.8 Å². The first-order chi connectivity index (χ1) is 19.2. The summed E-state index contributed by atoms with van der Waals surface area (Å²) in [6.07, 6.45) is 0. The summed E-state index contributed by atoms with van der Waals surface area (Å²) in [5.74, 6) is -1.33. The number of aliphatic imine (C=N–C) groups is 1. The van der Waals surface area contributed by atoms with E-state index in [1.54, 1.807) is 24.3 Å². The van der Waals surface area contributed by atoms with E-state index in [-0.39, 0.29) is 21.7 Å². The van der Waals surface area contributed by atoms with E-state index >= 15 is 0 Å². The van der Waals surface area contributed by atoms with Crippen molar-refractivity contribution in [3.63, 3.8) is 0 Å². The van der Waals surface area contributed by atoms with Gasteiger partial charge in [0.05, 0.1) is 23.5 Å². The molecule has 1 saturated heterocycles. The van der Waals surface area contributed by atoms with E-state index in [1.807, 2.05) is 47.2 Å². The highest BCUT2D eigenvalue weighted by Crippen LogP contribution is 2.40. The smallest absolute Gasteiger partial charge is 0.263 e. The van der Waals surface area contributed by atoms with Crippen LogP contribution in [0.5, 0.6) is 0 Å². The molecular weight excluding hydrogens is 554 g/mol. The number of halogens is 1. The molecule has 0 saturated carbocycles. The third-order valence-electron chi connectivity index (χ3n) is 6.91. The Hall–Kier alpha value is -3.61. The van der Waals surface area contributed by atoms with E-state index in [1.165, 1.54) is 19.2 Å². The molecule has 2 heterocycles. The van der Waals surface area contributed by atoms with Crippen LogP contribution in [0.15, 0.2) is 76.6 Å². The Bertz CT molecular complexity index is 1570. The van der Waals surface area contributed by atoms with Crippen LogP contribution in [0.3, 0.4) is 0 Å². The molecule has 3 aromatic carbocycles. The average Bonchev–Trinajstić information content (AvgIpc) is 3.26. The number of carbonyl (C=O) groups excluding carboxylic acids is 2. The Balaban J connectivity index is 1.53. The lowest BCUT2D eigenvalue weighted by molar-refractivity contribution is -0.115. The van der Waals surface area contributed by atoms with E-state index in [0.717, 1.165) is 13.1 Å². The summed E-state index contributed by atoms with van der Waals surface area (Å²) in [6, 6.07) is 18.9. The molecular formula is C28H28ClN5O5S. The van der Waals surface area contributed by atoms with Crippen LogP contribution in [0.2, 0.25) is 5.02 Å². The quantitative estimate of drug-likeness (QED) is 0.326. The van der Waals surface area contributed by atoms with E-state index in [4.69, 9.17) is 16.6 Å². The molecule has 1 fully saturated rings. The summed E-state index contributed by atoms with van der Waals surface area (Å²) in [4.78, 5) is 41.5. The van der Waals surface area contributed by atoms with Crippen LogP contribution in [0.4, 0.5) is 11.4 Å². The fourth-order valence-electron chi connectivity index (χ4n) is 4.81. The van der Waals surface area contributed by atoms with E-state index in [9.17, 15) is 18.0 Å². The number of piperazine rings is 1. The summed E-state index contributed by atoms with van der Waals surface area (Å²) >= 11 is 6.26. The highest BCUT2D eigenvalue weighted by molar-refractivity contribution is 7.89. The third kappa shape index (κ3) is 5.65. The molecule has 208 valence electrons. The molecule has 0 bridgehead atoms. The van der Waals surface area contributed by atoms with Crippen molar-refractivity contribution in [3.8, 4) is 0 Å². The lowest BCUT2D eigenvalue weighted by atomic mass is 9.90. The van der Waals surface area contributed by atoms with Gasteiger partial charge in [0.2, 0.25) is 5.91 Å². The number of nitrogens with one attached hydrogen (secondary N) is 2. The number of amides is 2. The zero-order valence-corrected chi connectivity index (χ0v) is 23.5. The molecule has 10 nitrogen and oxygen atoms in total. The largest absolute Gasteiger partial charge is 0.336 e. The minimum absolute atomic E-state index is 0.0358. The molecule has 2 amide bonds. The van der Waals surface area contributed by atoms with Crippen LogP contribution in [0.1, 0.15) is 27.4 Å². The molecule has 3 aromatic rings. The molecule has 0 aliphatic carbocycles. The number of benzene rings is 3. The van der Waals surface area contributed by atoms with Crippen molar-refractivity contribution in [1.82, 2.24) is 14.7 Å². The van der Waals surface area contributed by atoms with Crippen molar-refractivity contribution in [1.29, 1.82) is 0 Å². The number of fused-ring (bicyclic) bond motifs is 1. The molecule has 12 heteroatoms. The van der Waals surface area contributed by atoms with Gasteiger partial charge in [-0.1, -0.05) is 46.8 Å². The van der Waals surface area contributed by atoms with Gasteiger partial charge in [-0.3, -0.25) is 19.4 Å². The number of rotatable bonds is 7. The maximum Gasteiger partial charge on any atom is 0.263 e. The van der Waals surface area contributed by atoms with Crippen molar-refractivity contribution >= 4 is 50.5 Å². The standard InChI is InChI=1S/C28H28ClN5O5S/c1-33-12-14-34(15-13-33)28(36)19-8-10-20(11-9-19)30-26(18-6-4-3-5-7-18)25-21-16-24(40(37,38)32-39-2)22(29)17-23(21)31-27(25)35/h3-11,16-17,25,32H,12-15H2,1-2H3,(H,31,35). The molecule has 0 aromatic heterocycles. The molecule has 1 atom stereocenters. The SMILES string of the molecule is CONS(=O)(=O)c1cc2c(cc1Cl)NC(=O)C2C(=Nc1ccc(C(=O)N2CCN(C)CC2)cc1)c1ccccc1. The van der Waals surface area contributed by atoms with Crippen LogP contribution in [0.25, 0.3) is 0 Å². The third-order valence-corrected chi connectivity index (χ3v) is 8.64. The van der Waals surface area contributed by atoms with Gasteiger partial charge >= 0.3 is 0 Å². The Morgan fingerprint density at radius 2 is 1.70 bits per heavy atom. The monoisotopic (exact) mass is 581 g/mol. The lowest BCUT2D eigenvalue weighted by Gasteiger charge is -2.32. The Morgan fingerprint density at radius 3 is 2.35 bits per heavy atom. The second-order valence-corrected chi connectivity index (χ2v) is 11.6. The number of anilines is 1. The van der Waals surface area contributed by atoms with E-state index in [0.29, 0.717) is 46.9 Å². The molecule has 1 unspecified atom stereocenters. The first-order valence-electron chi connectivity index (χ1n) is 12.6. The number of hydrogen-bond donors (Lipinski definition) is 2. The fourth-order valence-corrected chi connectivity index (χ4v) is 6.18. The first kappa shape index (κ1) is 27.9. The number of nitrogens with zero attached hydrogens (tertiary/aromatic N) is 3. The fraction of sp³-hybridized carbons (Fsp3) is 0.250. The summed E-state index contributed by atoms with van der Waals surface area (Å²) < 4.78 is 25.4. The van der Waals surface area contributed by atoms with Crippen molar-refractivity contribution in [3.05, 3.63) is 88.4 Å².